The van der Waals surface area contributed by atoms with E-state index >= 15 is 0 Å². The Labute approximate surface area is 163 Å². The number of nitrogens with zero attached hydrogens (tertiary/aromatic N) is 2. The summed E-state index contributed by atoms with van der Waals surface area (Å²) in [7, 11) is 0. The number of halogens is 1. The van der Waals surface area contributed by atoms with E-state index in [1.807, 2.05) is 0 Å². The molecule has 0 fully saturated rings. The third kappa shape index (κ3) is 4.80. The first kappa shape index (κ1) is 20.8. The fraction of sp³-hybridized carbons (Fsp3) is 0.176. The number of carbonyl (C=O) groups excluding carboxylic acids is 2. The summed E-state index contributed by atoms with van der Waals surface area (Å²) in [6, 6.07) is 5.96. The minimum absolute atomic E-state index is 0.0393. The second-order valence-corrected chi connectivity index (χ2v) is 6.16. The van der Waals surface area contributed by atoms with Crippen molar-refractivity contribution < 1.29 is 24.2 Å². The Morgan fingerprint density at radius 1 is 1.07 bits per heavy atom. The molecule has 1 amide bonds. The van der Waals surface area contributed by atoms with Crippen molar-refractivity contribution in [2.45, 2.75) is 13.8 Å². The summed E-state index contributed by atoms with van der Waals surface area (Å²) in [6.45, 7) is 2.65. The predicted molar refractivity (Wildman–Crippen MR) is 99.6 cm³/mol. The number of esters is 1. The minimum Gasteiger partial charge on any atom is -0.452 e. The van der Waals surface area contributed by atoms with E-state index in [0.717, 1.165) is 23.8 Å². The maximum absolute atomic E-state index is 12.1. The van der Waals surface area contributed by atoms with Crippen LogP contribution in [0.3, 0.4) is 0 Å². The average Bonchev–Trinajstić information content (AvgIpc) is 2.62. The monoisotopic (exact) mass is 407 g/mol. The number of non-ortho nitro benzene ring substituents is 1. The van der Waals surface area contributed by atoms with Gasteiger partial charge in [0.15, 0.2) is 6.61 Å². The normalized spacial score (nSPS) is 10.2. The highest BCUT2D eigenvalue weighted by Gasteiger charge is 2.20. The molecule has 28 heavy (non-hydrogen) atoms. The largest absolute Gasteiger partial charge is 0.452 e. The molecule has 0 saturated carbocycles. The summed E-state index contributed by atoms with van der Waals surface area (Å²) in [6.07, 6.45) is 0. The van der Waals surface area contributed by atoms with Crippen molar-refractivity contribution in [3.8, 4) is 0 Å². The zero-order valence-corrected chi connectivity index (χ0v) is 15.5. The molecule has 0 bridgehead atoms. The van der Waals surface area contributed by atoms with Crippen molar-refractivity contribution in [2.75, 3.05) is 11.9 Å². The number of rotatable bonds is 6. The van der Waals surface area contributed by atoms with Crippen LogP contribution in [-0.2, 0) is 9.53 Å². The Balaban J connectivity index is 2.10. The van der Waals surface area contributed by atoms with Crippen molar-refractivity contribution in [3.63, 3.8) is 0 Å². The standard InChI is InChI=1S/C17H14ClN3O7/c1-9-5-14(15(21(26)27)6-10(9)2)19-16(22)8-28-17(23)12-7-11(20(24)25)3-4-13(12)18/h3-7H,8H2,1-2H3,(H,19,22). The van der Waals surface area contributed by atoms with E-state index in [4.69, 9.17) is 16.3 Å². The molecular formula is C17H14ClN3O7. The van der Waals surface area contributed by atoms with Gasteiger partial charge in [-0.3, -0.25) is 25.0 Å². The molecule has 0 spiro atoms. The minimum atomic E-state index is -1.04. The van der Waals surface area contributed by atoms with Gasteiger partial charge < -0.3 is 10.1 Å². The number of amides is 1. The predicted octanol–water partition coefficient (Wildman–Crippen LogP) is 3.57. The maximum Gasteiger partial charge on any atom is 0.340 e. The Morgan fingerprint density at radius 3 is 2.32 bits per heavy atom. The fourth-order valence-corrected chi connectivity index (χ4v) is 2.43. The molecule has 0 aromatic heterocycles. The highest BCUT2D eigenvalue weighted by molar-refractivity contribution is 6.33. The molecule has 0 aliphatic rings. The first-order chi connectivity index (χ1) is 13.1. The van der Waals surface area contributed by atoms with Crippen molar-refractivity contribution in [1.82, 2.24) is 0 Å². The summed E-state index contributed by atoms with van der Waals surface area (Å²) in [4.78, 5) is 44.7. The van der Waals surface area contributed by atoms with E-state index in [9.17, 15) is 29.8 Å². The zero-order valence-electron chi connectivity index (χ0n) is 14.7. The molecule has 2 rings (SSSR count). The van der Waals surface area contributed by atoms with Crippen LogP contribution < -0.4 is 5.32 Å². The molecule has 0 aliphatic carbocycles. The summed E-state index contributed by atoms with van der Waals surface area (Å²) >= 11 is 5.83. The van der Waals surface area contributed by atoms with Gasteiger partial charge in [0.05, 0.1) is 20.4 Å². The number of nitro groups is 2. The van der Waals surface area contributed by atoms with E-state index in [1.165, 1.54) is 12.1 Å². The number of aryl methyl sites for hydroxylation is 2. The van der Waals surface area contributed by atoms with Crippen LogP contribution in [0, 0.1) is 34.1 Å². The molecule has 11 heteroatoms. The summed E-state index contributed by atoms with van der Waals surface area (Å²) in [5.74, 6) is -1.86. The van der Waals surface area contributed by atoms with Crippen molar-refractivity contribution >= 4 is 40.5 Å². The number of nitrogens with one attached hydrogen (secondary N) is 1. The van der Waals surface area contributed by atoms with E-state index in [0.29, 0.717) is 5.56 Å². The van der Waals surface area contributed by atoms with Gasteiger partial charge in [-0.1, -0.05) is 11.6 Å². The highest BCUT2D eigenvalue weighted by atomic mass is 35.5. The molecular weight excluding hydrogens is 394 g/mol. The van der Waals surface area contributed by atoms with Crippen LogP contribution in [0.1, 0.15) is 21.5 Å². The lowest BCUT2D eigenvalue weighted by Gasteiger charge is -2.10. The topological polar surface area (TPSA) is 142 Å². The van der Waals surface area contributed by atoms with E-state index in [1.54, 1.807) is 13.8 Å². The molecule has 0 saturated heterocycles. The van der Waals surface area contributed by atoms with E-state index in [-0.39, 0.29) is 27.6 Å². The van der Waals surface area contributed by atoms with Gasteiger partial charge in [0.25, 0.3) is 17.3 Å². The van der Waals surface area contributed by atoms with Gasteiger partial charge in [-0.15, -0.1) is 0 Å². The lowest BCUT2D eigenvalue weighted by Crippen LogP contribution is -2.21. The first-order valence-electron chi connectivity index (χ1n) is 7.76. The van der Waals surface area contributed by atoms with Crippen LogP contribution in [0.15, 0.2) is 30.3 Å². The molecule has 0 unspecified atom stereocenters. The Hall–Kier alpha value is -3.53. The maximum atomic E-state index is 12.1. The number of hydrogen-bond donors (Lipinski definition) is 1. The van der Waals surface area contributed by atoms with Gasteiger partial charge in [-0.25, -0.2) is 4.79 Å². The van der Waals surface area contributed by atoms with Crippen LogP contribution in [0.5, 0.6) is 0 Å². The number of nitro benzene ring substituents is 2. The Kier molecular flexibility index (Phi) is 6.26. The molecule has 0 heterocycles. The molecule has 2 aromatic rings. The number of anilines is 1. The van der Waals surface area contributed by atoms with Crippen LogP contribution in [0.4, 0.5) is 17.1 Å². The quantitative estimate of drug-likeness (QED) is 0.438. The fourth-order valence-electron chi connectivity index (χ4n) is 2.23. The lowest BCUT2D eigenvalue weighted by molar-refractivity contribution is -0.384. The zero-order chi connectivity index (χ0) is 21.0. The average molecular weight is 408 g/mol. The van der Waals surface area contributed by atoms with E-state index < -0.39 is 28.3 Å². The number of carbonyl (C=O) groups is 2. The molecule has 146 valence electrons. The van der Waals surface area contributed by atoms with Gasteiger partial charge in [-0.05, 0) is 37.1 Å². The number of benzene rings is 2. The van der Waals surface area contributed by atoms with Crippen LogP contribution in [-0.4, -0.2) is 28.3 Å². The van der Waals surface area contributed by atoms with Crippen molar-refractivity contribution in [3.05, 3.63) is 72.3 Å². The van der Waals surface area contributed by atoms with Crippen LogP contribution in [0.2, 0.25) is 5.02 Å². The molecule has 0 aliphatic heterocycles. The number of hydrogen-bond acceptors (Lipinski definition) is 7. The van der Waals surface area contributed by atoms with E-state index in [2.05, 4.69) is 5.32 Å². The van der Waals surface area contributed by atoms with Crippen LogP contribution in [0.25, 0.3) is 0 Å². The Bertz CT molecular complexity index is 991. The first-order valence-corrected chi connectivity index (χ1v) is 8.14. The third-order valence-corrected chi connectivity index (χ3v) is 4.13. The summed E-state index contributed by atoms with van der Waals surface area (Å²) < 4.78 is 4.80. The smallest absolute Gasteiger partial charge is 0.340 e. The highest BCUT2D eigenvalue weighted by Crippen LogP contribution is 2.28. The molecule has 2 aromatic carbocycles. The Morgan fingerprint density at radius 2 is 1.71 bits per heavy atom. The molecule has 0 atom stereocenters. The summed E-state index contributed by atoms with van der Waals surface area (Å²) in [5.41, 5.74) is 0.414. The van der Waals surface area contributed by atoms with Crippen molar-refractivity contribution in [1.29, 1.82) is 0 Å². The molecule has 10 nitrogen and oxygen atoms in total. The lowest BCUT2D eigenvalue weighted by atomic mass is 10.1. The third-order valence-electron chi connectivity index (χ3n) is 3.80. The second kappa shape index (κ2) is 8.44. The van der Waals surface area contributed by atoms with Gasteiger partial charge in [0.1, 0.15) is 5.69 Å². The summed E-state index contributed by atoms with van der Waals surface area (Å²) in [5, 5.41) is 24.2. The molecule has 0 radical (unpaired) electrons. The number of ether oxygens (including phenoxy) is 1. The van der Waals surface area contributed by atoms with Gasteiger partial charge >= 0.3 is 5.97 Å². The van der Waals surface area contributed by atoms with Gasteiger partial charge in [0, 0.05) is 18.2 Å². The van der Waals surface area contributed by atoms with Gasteiger partial charge in [-0.2, -0.15) is 0 Å². The second-order valence-electron chi connectivity index (χ2n) is 5.76. The SMILES string of the molecule is Cc1cc(NC(=O)COC(=O)c2cc([N+](=O)[O-])ccc2Cl)c([N+](=O)[O-])cc1C. The van der Waals surface area contributed by atoms with Crippen LogP contribution >= 0.6 is 11.6 Å². The van der Waals surface area contributed by atoms with Crippen molar-refractivity contribution in [2.24, 2.45) is 0 Å². The van der Waals surface area contributed by atoms with Gasteiger partial charge in [0.2, 0.25) is 0 Å². The molecule has 1 N–H and O–H groups in total.